The number of alkyl carbamates (subject to hydrolysis) is 1. The molecule has 17 atom stereocenters. The predicted molar refractivity (Wildman–Crippen MR) is 296 cm³/mol. The van der Waals surface area contributed by atoms with E-state index >= 15 is 0 Å². The van der Waals surface area contributed by atoms with Gasteiger partial charge in [0.1, 0.15) is 23.9 Å². The molecular weight excluding hydrogens is 973 g/mol. The van der Waals surface area contributed by atoms with E-state index in [0.717, 1.165) is 69.9 Å². The van der Waals surface area contributed by atoms with Gasteiger partial charge in [0.15, 0.2) is 5.78 Å². The monoisotopic (exact) mass is 1060 g/mol. The minimum absolute atomic E-state index is 0.0317. The highest BCUT2D eigenvalue weighted by Gasteiger charge is 2.68. The summed E-state index contributed by atoms with van der Waals surface area (Å²) in [5, 5.41) is 27.5. The first-order valence-corrected chi connectivity index (χ1v) is 29.6. The minimum Gasteiger partial charge on any atom is -0.469 e. The first-order chi connectivity index (χ1) is 36.4. The number of amides is 1. The number of hydrogen-bond acceptors (Lipinski definition) is 12. The molecule has 6 fully saturated rings. The van der Waals surface area contributed by atoms with Crippen molar-refractivity contribution < 1.29 is 53.1 Å². The summed E-state index contributed by atoms with van der Waals surface area (Å²) in [6, 6.07) is 9.04. The van der Waals surface area contributed by atoms with Gasteiger partial charge in [-0.25, -0.2) is 9.59 Å². The molecule has 1 aromatic carbocycles. The zero-order chi connectivity index (χ0) is 55.4. The van der Waals surface area contributed by atoms with Gasteiger partial charge in [-0.15, -0.1) is 5.92 Å². The number of aliphatic hydroxyl groups is 2. The molecule has 77 heavy (non-hydrogen) atoms. The summed E-state index contributed by atoms with van der Waals surface area (Å²) in [6.07, 6.45) is 11.7. The van der Waals surface area contributed by atoms with Crippen LogP contribution in [0.25, 0.3) is 0 Å². The third-order valence-corrected chi connectivity index (χ3v) is 21.9. The number of carbonyl (C=O) groups is 4. The maximum atomic E-state index is 13.7. The van der Waals surface area contributed by atoms with Crippen LogP contribution in [0.4, 0.5) is 15.3 Å². The van der Waals surface area contributed by atoms with Crippen molar-refractivity contribution in [3.05, 3.63) is 52.6 Å². The summed E-state index contributed by atoms with van der Waals surface area (Å²) >= 11 is 0. The second-order valence-electron chi connectivity index (χ2n) is 26.9. The summed E-state index contributed by atoms with van der Waals surface area (Å²) < 4.78 is 29.2. The normalized spacial score (nSPS) is 38.4. The van der Waals surface area contributed by atoms with E-state index in [-0.39, 0.29) is 89.2 Å². The standard InChI is InChI=1S/C64H92N2O11/c1-12-26-64(72)39(3)32-51-47-20-16-41-33-44(67)19-21-46(41)56(47)48(37-62(51,64)8)40-14-17-43(18-15-40)66(10)29-31-74-45-25-27-61(7)42(34-45)35-53(76-59(71)75-30-28-65-58(70)77-60(4,5)6)57-50-23-22-49(38(2)13-24-55(69)73-11)63(50,9)54(68)36-52(57)61/h14-15,17-18,33,38-39,42,45,47-54,57,68,72H,13,16,19-25,27-32,34-37H2,1-11H3,(H,65,70)/t38-,39?,42+,45+,47?,48-,49-,50+,51?,52+,53-,54+,57+,61+,62+,63-,64+/m1/s1. The van der Waals surface area contributed by atoms with Crippen LogP contribution in [0.2, 0.25) is 0 Å². The number of aliphatic hydroxyl groups excluding tert-OH is 1. The van der Waals surface area contributed by atoms with Gasteiger partial charge in [-0.2, -0.15) is 0 Å². The lowest BCUT2D eigenvalue weighted by Crippen LogP contribution is -2.63. The molecule has 0 bridgehead atoms. The Morgan fingerprint density at radius 1 is 0.948 bits per heavy atom. The molecule has 1 aromatic rings. The Kier molecular flexibility index (Phi) is 16.6. The second-order valence-corrected chi connectivity index (χ2v) is 26.9. The van der Waals surface area contributed by atoms with Gasteiger partial charge in [0.05, 0.1) is 32.5 Å². The first kappa shape index (κ1) is 57.3. The number of hydrogen-bond donors (Lipinski definition) is 3. The number of rotatable bonds is 14. The van der Waals surface area contributed by atoms with Crippen LogP contribution in [0, 0.1) is 81.3 Å². The van der Waals surface area contributed by atoms with Gasteiger partial charge in [0.2, 0.25) is 0 Å². The highest BCUT2D eigenvalue weighted by atomic mass is 16.7. The Labute approximate surface area is 459 Å². The molecule has 9 rings (SSSR count). The largest absolute Gasteiger partial charge is 0.508 e. The molecular formula is C64H92N2O11. The van der Waals surface area contributed by atoms with Crippen LogP contribution in [0.5, 0.6) is 0 Å². The van der Waals surface area contributed by atoms with E-state index in [2.05, 4.69) is 88.0 Å². The van der Waals surface area contributed by atoms with Gasteiger partial charge in [-0.1, -0.05) is 58.2 Å². The fraction of sp³-hybridized carbons (Fsp3) is 0.750. The molecule has 3 unspecified atom stereocenters. The summed E-state index contributed by atoms with van der Waals surface area (Å²) in [5.41, 5.74) is 3.95. The van der Waals surface area contributed by atoms with E-state index in [1.165, 1.54) is 29.4 Å². The lowest BCUT2D eigenvalue weighted by Gasteiger charge is -2.64. The summed E-state index contributed by atoms with van der Waals surface area (Å²) in [7, 11) is 3.55. The van der Waals surface area contributed by atoms with Gasteiger partial charge < -0.3 is 44.1 Å². The molecule has 0 aliphatic heterocycles. The van der Waals surface area contributed by atoms with Crippen LogP contribution < -0.4 is 10.2 Å². The average molecular weight is 1070 g/mol. The van der Waals surface area contributed by atoms with Crippen molar-refractivity contribution in [1.82, 2.24) is 5.32 Å². The van der Waals surface area contributed by atoms with Crippen LogP contribution in [0.3, 0.4) is 0 Å². The third-order valence-electron chi connectivity index (χ3n) is 21.9. The van der Waals surface area contributed by atoms with Crippen LogP contribution in [0.15, 0.2) is 47.1 Å². The fourth-order valence-corrected chi connectivity index (χ4v) is 18.0. The number of anilines is 1. The molecule has 8 aliphatic carbocycles. The van der Waals surface area contributed by atoms with E-state index in [0.29, 0.717) is 57.1 Å². The minimum atomic E-state index is -1.06. The van der Waals surface area contributed by atoms with Gasteiger partial charge in [0, 0.05) is 49.4 Å². The average Bonchev–Trinajstić information content (AvgIpc) is 4.09. The lowest BCUT2D eigenvalue weighted by molar-refractivity contribution is -0.211. The zero-order valence-electron chi connectivity index (χ0n) is 48.3. The number of nitrogens with zero attached hydrogens (tertiary/aromatic N) is 1. The molecule has 0 aromatic heterocycles. The molecule has 3 N–H and O–H groups in total. The van der Waals surface area contributed by atoms with Gasteiger partial charge in [-0.3, -0.25) is 9.59 Å². The number of esters is 1. The number of nitrogens with one attached hydrogen (secondary N) is 1. The van der Waals surface area contributed by atoms with Crippen molar-refractivity contribution in [2.24, 2.45) is 69.5 Å². The molecule has 13 heteroatoms. The number of methoxy groups -OCH3 is 1. The molecule has 0 spiro atoms. The molecule has 8 aliphatic rings. The van der Waals surface area contributed by atoms with E-state index in [9.17, 15) is 29.4 Å². The van der Waals surface area contributed by atoms with E-state index in [4.69, 9.17) is 23.7 Å². The second kappa shape index (κ2) is 22.3. The highest BCUT2D eigenvalue weighted by Crippen LogP contribution is 2.70. The number of fused-ring (bicyclic) bond motifs is 9. The Hall–Kier alpha value is -4.38. The van der Waals surface area contributed by atoms with Gasteiger partial charge in [-0.05, 0) is 204 Å². The topological polar surface area (TPSA) is 170 Å². The van der Waals surface area contributed by atoms with E-state index < -0.39 is 41.1 Å². The molecule has 13 nitrogen and oxygen atoms in total. The summed E-state index contributed by atoms with van der Waals surface area (Å²) in [5.74, 6) is 8.26. The number of allylic oxidation sites excluding steroid dienone is 4. The van der Waals surface area contributed by atoms with Crippen molar-refractivity contribution in [2.75, 3.05) is 45.4 Å². The fourth-order valence-electron chi connectivity index (χ4n) is 18.0. The first-order valence-electron chi connectivity index (χ1n) is 29.6. The maximum Gasteiger partial charge on any atom is 0.508 e. The Morgan fingerprint density at radius 3 is 2.42 bits per heavy atom. The molecule has 0 radical (unpaired) electrons. The summed E-state index contributed by atoms with van der Waals surface area (Å²) in [4.78, 5) is 53.1. The lowest BCUT2D eigenvalue weighted by atomic mass is 9.43. The number of benzene rings is 1. The number of carbonyl (C=O) groups excluding carboxylic acids is 4. The zero-order valence-corrected chi connectivity index (χ0v) is 48.3. The smallest absolute Gasteiger partial charge is 0.469 e. The SMILES string of the molecule is CC#C[C@]1(O)C(C)CC2C3CCC4=CC(=O)CCC4=C3[C@@H](c3ccc(N(C)CCO[C@H]4CC[C@@]5(C)[C@@H](C4)C[C@@H](OC(=O)OCCNC(=O)OC(C)(C)C)[C@@H]4[C@@H]5C[C@H](O)[C@]5(C)[C@@H]([C@H](C)CCC(=O)OC)CC[C@@H]45)cc3)C[C@@]21C. The van der Waals surface area contributed by atoms with Crippen LogP contribution in [0.1, 0.15) is 170 Å². The molecule has 1 amide bonds. The van der Waals surface area contributed by atoms with Crippen LogP contribution in [-0.2, 0) is 33.3 Å². The van der Waals surface area contributed by atoms with Gasteiger partial charge >= 0.3 is 18.2 Å². The van der Waals surface area contributed by atoms with Crippen LogP contribution >= 0.6 is 0 Å². The van der Waals surface area contributed by atoms with Crippen molar-refractivity contribution in [3.63, 3.8) is 0 Å². The predicted octanol–water partition coefficient (Wildman–Crippen LogP) is 11.3. The Bertz CT molecular complexity index is 2500. The van der Waals surface area contributed by atoms with Crippen molar-refractivity contribution in [2.45, 2.75) is 194 Å². The number of ether oxygens (including phenoxy) is 5. The van der Waals surface area contributed by atoms with Gasteiger partial charge in [0.25, 0.3) is 0 Å². The number of likely N-dealkylation sites (N-methyl/N-ethyl adjacent to an activating group) is 1. The molecule has 424 valence electrons. The van der Waals surface area contributed by atoms with Crippen LogP contribution in [-0.4, -0.2) is 104 Å². The maximum absolute atomic E-state index is 13.7. The quantitative estimate of drug-likeness (QED) is 0.0698. The molecule has 0 saturated heterocycles. The Morgan fingerprint density at radius 2 is 1.70 bits per heavy atom. The third kappa shape index (κ3) is 10.8. The molecule has 6 saturated carbocycles. The van der Waals surface area contributed by atoms with Crippen molar-refractivity contribution in [1.29, 1.82) is 0 Å². The molecule has 0 heterocycles. The highest BCUT2D eigenvalue weighted by molar-refractivity contribution is 5.93. The summed E-state index contributed by atoms with van der Waals surface area (Å²) in [6.45, 7) is 19.9. The van der Waals surface area contributed by atoms with Crippen molar-refractivity contribution in [3.8, 4) is 11.8 Å². The van der Waals surface area contributed by atoms with E-state index in [1.807, 2.05) is 13.0 Å². The van der Waals surface area contributed by atoms with Crippen molar-refractivity contribution >= 4 is 29.7 Å². The Balaban J connectivity index is 0.871. The number of ketones is 1. The van der Waals surface area contributed by atoms with E-state index in [1.54, 1.807) is 20.8 Å².